The fraction of sp³-hybridized carbons (Fsp3) is 0.556. The van der Waals surface area contributed by atoms with Crippen molar-refractivity contribution >= 4 is 11.9 Å². The number of carbonyl (C=O) groups is 2. The quantitative estimate of drug-likeness (QED) is 0.157. The highest BCUT2D eigenvalue weighted by Crippen LogP contribution is 2.12. The molecule has 244 valence electrons. The number of benzene rings is 2. The highest BCUT2D eigenvalue weighted by Gasteiger charge is 2.12. The first-order valence-electron chi connectivity index (χ1n) is 15.5. The standard InChI is InChI=1S/C14H20O2.C12H18O.C6H10O2.C4H11NO/c1-3-16-14(15)12(2)8-7-11-13-9-5-4-6-10-13;1-11(10-13)6-5-9-12-7-3-2-4-8-12;1-4-8-6(7)5(2)3;1-4(2-5)3-6/h4-6,9-10,12H,3,7-8,11H2,1-2H3;2-4,7-8,11,13H,5-6,9-10H2,1H3;2,4H2,1,3H3;4,6H,2-3,5H2,1H3. The summed E-state index contributed by atoms with van der Waals surface area (Å²) < 4.78 is 9.53. The van der Waals surface area contributed by atoms with Crippen LogP contribution < -0.4 is 5.73 Å². The fourth-order valence-corrected chi connectivity index (χ4v) is 3.38. The molecule has 0 bridgehead atoms. The van der Waals surface area contributed by atoms with Gasteiger partial charge in [0.2, 0.25) is 0 Å². The van der Waals surface area contributed by atoms with E-state index in [2.05, 4.69) is 54.6 Å². The molecule has 0 fully saturated rings. The predicted molar refractivity (Wildman–Crippen MR) is 178 cm³/mol. The number of nitrogens with two attached hydrogens (primary N) is 1. The molecule has 4 N–H and O–H groups in total. The van der Waals surface area contributed by atoms with Crippen LogP contribution in [0.2, 0.25) is 0 Å². The predicted octanol–water partition coefficient (Wildman–Crippen LogP) is 6.55. The van der Waals surface area contributed by atoms with Crippen LogP contribution in [0.4, 0.5) is 0 Å². The number of hydrogen-bond donors (Lipinski definition) is 3. The Hall–Kier alpha value is -3.00. The number of hydrogen-bond acceptors (Lipinski definition) is 7. The molecule has 0 heterocycles. The van der Waals surface area contributed by atoms with Gasteiger partial charge in [-0.3, -0.25) is 4.79 Å². The summed E-state index contributed by atoms with van der Waals surface area (Å²) >= 11 is 0. The van der Waals surface area contributed by atoms with E-state index >= 15 is 0 Å². The summed E-state index contributed by atoms with van der Waals surface area (Å²) in [5.74, 6) is 0.348. The zero-order valence-electron chi connectivity index (χ0n) is 27.6. The molecule has 2 aromatic rings. The highest BCUT2D eigenvalue weighted by molar-refractivity contribution is 5.86. The average Bonchev–Trinajstić information content (AvgIpc) is 3.02. The molecule has 3 unspecified atom stereocenters. The van der Waals surface area contributed by atoms with E-state index in [-0.39, 0.29) is 30.4 Å². The first kappa shape index (κ1) is 42.1. The van der Waals surface area contributed by atoms with Crippen molar-refractivity contribution in [1.29, 1.82) is 0 Å². The number of ether oxygens (including phenoxy) is 2. The maximum absolute atomic E-state index is 11.4. The number of carbonyl (C=O) groups excluding carboxylic acids is 2. The first-order chi connectivity index (χ1) is 20.6. The summed E-state index contributed by atoms with van der Waals surface area (Å²) in [5, 5.41) is 17.1. The van der Waals surface area contributed by atoms with Gasteiger partial charge >= 0.3 is 11.9 Å². The van der Waals surface area contributed by atoms with Crippen LogP contribution in [0.15, 0.2) is 72.8 Å². The molecule has 0 aliphatic rings. The molecule has 7 nitrogen and oxygen atoms in total. The van der Waals surface area contributed by atoms with E-state index < -0.39 is 0 Å². The molecule has 0 aliphatic carbocycles. The van der Waals surface area contributed by atoms with E-state index in [4.69, 9.17) is 20.7 Å². The average molecular weight is 602 g/mol. The van der Waals surface area contributed by atoms with Crippen molar-refractivity contribution in [3.8, 4) is 0 Å². The van der Waals surface area contributed by atoms with Gasteiger partial charge in [-0.15, -0.1) is 0 Å². The highest BCUT2D eigenvalue weighted by atomic mass is 16.5. The molecule has 43 heavy (non-hydrogen) atoms. The molecule has 7 heteroatoms. The van der Waals surface area contributed by atoms with E-state index in [0.29, 0.717) is 37.9 Å². The van der Waals surface area contributed by atoms with Gasteiger partial charge < -0.3 is 25.4 Å². The van der Waals surface area contributed by atoms with Gasteiger partial charge in [-0.05, 0) is 88.8 Å². The second-order valence-electron chi connectivity index (χ2n) is 10.7. The second kappa shape index (κ2) is 29.1. The maximum Gasteiger partial charge on any atom is 0.333 e. The summed E-state index contributed by atoms with van der Waals surface area (Å²) in [6.07, 6.45) is 6.38. The zero-order chi connectivity index (χ0) is 32.9. The van der Waals surface area contributed by atoms with Crippen molar-refractivity contribution in [1.82, 2.24) is 0 Å². The lowest BCUT2D eigenvalue weighted by Crippen LogP contribution is -2.14. The van der Waals surface area contributed by atoms with Gasteiger partial charge in [0.25, 0.3) is 0 Å². The number of esters is 2. The summed E-state index contributed by atoms with van der Waals surface area (Å²) in [4.78, 5) is 21.8. The lowest BCUT2D eigenvalue weighted by molar-refractivity contribution is -0.147. The van der Waals surface area contributed by atoms with Crippen LogP contribution in [0, 0.1) is 17.8 Å². The molecule has 0 saturated carbocycles. The van der Waals surface area contributed by atoms with E-state index in [9.17, 15) is 9.59 Å². The molecular formula is C36H59NO6. The van der Waals surface area contributed by atoms with Crippen molar-refractivity contribution in [2.24, 2.45) is 23.5 Å². The van der Waals surface area contributed by atoms with E-state index in [1.165, 1.54) is 17.5 Å². The Labute approximate surface area is 261 Å². The van der Waals surface area contributed by atoms with Gasteiger partial charge in [0.1, 0.15) is 0 Å². The number of aryl methyl sites for hydroxylation is 2. The van der Waals surface area contributed by atoms with Crippen LogP contribution in [0.5, 0.6) is 0 Å². The summed E-state index contributed by atoms with van der Waals surface area (Å²) in [7, 11) is 0. The molecule has 0 aliphatic heterocycles. The van der Waals surface area contributed by atoms with Crippen LogP contribution in [0.3, 0.4) is 0 Å². The molecule has 3 atom stereocenters. The number of aliphatic hydroxyl groups excluding tert-OH is 2. The smallest absolute Gasteiger partial charge is 0.333 e. The van der Waals surface area contributed by atoms with Crippen molar-refractivity contribution in [2.75, 3.05) is 33.0 Å². The first-order valence-corrected chi connectivity index (χ1v) is 15.5. The third-order valence-corrected chi connectivity index (χ3v) is 6.29. The maximum atomic E-state index is 11.4. The summed E-state index contributed by atoms with van der Waals surface area (Å²) in [5.41, 5.74) is 8.30. The van der Waals surface area contributed by atoms with Crippen molar-refractivity contribution in [3.05, 3.63) is 83.9 Å². The lowest BCUT2D eigenvalue weighted by atomic mass is 10.0. The van der Waals surface area contributed by atoms with Gasteiger partial charge in [0, 0.05) is 18.8 Å². The number of aliphatic hydroxyl groups is 2. The molecule has 0 saturated heterocycles. The fourth-order valence-electron chi connectivity index (χ4n) is 3.38. The Morgan fingerprint density at radius 3 is 1.53 bits per heavy atom. The van der Waals surface area contributed by atoms with E-state index in [0.717, 1.165) is 32.1 Å². The van der Waals surface area contributed by atoms with Gasteiger partial charge in [-0.2, -0.15) is 0 Å². The summed E-state index contributed by atoms with van der Waals surface area (Å²) in [6, 6.07) is 20.9. The molecule has 0 aromatic heterocycles. The minimum absolute atomic E-state index is 0.0173. The molecule has 2 rings (SSSR count). The molecule has 0 spiro atoms. The second-order valence-corrected chi connectivity index (χ2v) is 10.7. The Balaban J connectivity index is 0. The Bertz CT molecular complexity index is 931. The van der Waals surface area contributed by atoms with Crippen LogP contribution in [-0.4, -0.2) is 55.1 Å². The Morgan fingerprint density at radius 1 is 0.767 bits per heavy atom. The van der Waals surface area contributed by atoms with E-state index in [1.807, 2.05) is 45.0 Å². The van der Waals surface area contributed by atoms with Crippen molar-refractivity contribution < 1.29 is 29.3 Å². The topological polar surface area (TPSA) is 119 Å². The van der Waals surface area contributed by atoms with E-state index in [1.54, 1.807) is 13.8 Å². The Morgan fingerprint density at radius 2 is 1.21 bits per heavy atom. The molecular weight excluding hydrogens is 542 g/mol. The van der Waals surface area contributed by atoms with Crippen molar-refractivity contribution in [3.63, 3.8) is 0 Å². The minimum atomic E-state index is -0.312. The largest absolute Gasteiger partial charge is 0.466 e. The minimum Gasteiger partial charge on any atom is -0.466 e. The van der Waals surface area contributed by atoms with Crippen molar-refractivity contribution in [2.45, 2.75) is 80.1 Å². The van der Waals surface area contributed by atoms with Gasteiger partial charge in [-0.1, -0.05) is 88.0 Å². The number of rotatable bonds is 15. The van der Waals surface area contributed by atoms with Gasteiger partial charge in [0.15, 0.2) is 0 Å². The third-order valence-electron chi connectivity index (χ3n) is 6.29. The monoisotopic (exact) mass is 601 g/mol. The van der Waals surface area contributed by atoms with Crippen LogP contribution >= 0.6 is 0 Å². The molecule has 2 aromatic carbocycles. The van der Waals surface area contributed by atoms with Crippen LogP contribution in [0.25, 0.3) is 0 Å². The van der Waals surface area contributed by atoms with Gasteiger partial charge in [-0.25, -0.2) is 4.79 Å². The molecule has 0 amide bonds. The molecule has 0 radical (unpaired) electrons. The zero-order valence-corrected chi connectivity index (χ0v) is 27.6. The SMILES string of the molecule is C=C(C)C(=O)OCC.CC(CN)CO.CC(CO)CCCc1ccccc1.CCOC(=O)C(C)CCCc1ccccc1. The lowest BCUT2D eigenvalue weighted by Gasteiger charge is -2.09. The van der Waals surface area contributed by atoms with Crippen LogP contribution in [-0.2, 0) is 31.9 Å². The normalized spacial score (nSPS) is 11.9. The Kier molecular flexibility index (Phi) is 28.5. The van der Waals surface area contributed by atoms with Crippen LogP contribution in [0.1, 0.15) is 78.4 Å². The summed E-state index contributed by atoms with van der Waals surface area (Å²) in [6.45, 7) is 16.5. The van der Waals surface area contributed by atoms with Gasteiger partial charge in [0.05, 0.1) is 19.1 Å². The third kappa shape index (κ3) is 26.4.